The molecule has 2 aromatic rings. The highest BCUT2D eigenvalue weighted by molar-refractivity contribution is 5.87. The van der Waals surface area contributed by atoms with Crippen molar-refractivity contribution in [3.8, 4) is 0 Å². The highest BCUT2D eigenvalue weighted by Crippen LogP contribution is 2.39. The lowest BCUT2D eigenvalue weighted by Crippen LogP contribution is -2.39. The third-order valence-corrected chi connectivity index (χ3v) is 5.08. The van der Waals surface area contributed by atoms with Crippen LogP contribution in [-0.4, -0.2) is 45.4 Å². The van der Waals surface area contributed by atoms with Gasteiger partial charge in [-0.25, -0.2) is 9.97 Å². The second-order valence-electron chi connectivity index (χ2n) is 6.67. The van der Waals surface area contributed by atoms with Crippen molar-refractivity contribution in [2.45, 2.75) is 32.2 Å². The molecule has 6 heteroatoms. The van der Waals surface area contributed by atoms with Crippen LogP contribution in [0.5, 0.6) is 0 Å². The zero-order chi connectivity index (χ0) is 15.3. The molecule has 1 saturated carbocycles. The fourth-order valence-corrected chi connectivity index (χ4v) is 3.99. The number of piperidine rings is 1. The molecule has 0 spiro atoms. The summed E-state index contributed by atoms with van der Waals surface area (Å²) in [7, 11) is 1.91. The predicted octanol–water partition coefficient (Wildman–Crippen LogP) is 1.94. The Morgan fingerprint density at radius 3 is 3.00 bits per heavy atom. The fourth-order valence-electron chi connectivity index (χ4n) is 3.99. The predicted molar refractivity (Wildman–Crippen MR) is 84.5 cm³/mol. The molecule has 3 heterocycles. The molecule has 4 rings (SSSR count). The molecule has 116 valence electrons. The topological polar surface area (TPSA) is 73.9 Å². The van der Waals surface area contributed by atoms with Gasteiger partial charge in [-0.2, -0.15) is 0 Å². The normalized spacial score (nSPS) is 28.2. The molecular weight excluding hydrogens is 278 g/mol. The van der Waals surface area contributed by atoms with Crippen LogP contribution in [0.25, 0.3) is 11.0 Å². The number of aryl methyl sites for hydroxylation is 1. The van der Waals surface area contributed by atoms with E-state index in [1.807, 2.05) is 31.1 Å². The third-order valence-electron chi connectivity index (χ3n) is 5.08. The van der Waals surface area contributed by atoms with Crippen molar-refractivity contribution < 1.29 is 4.79 Å². The average Bonchev–Trinajstić information content (AvgIpc) is 3.05. The van der Waals surface area contributed by atoms with Crippen molar-refractivity contribution in [3.63, 3.8) is 0 Å². The van der Waals surface area contributed by atoms with Crippen LogP contribution in [0.4, 0.5) is 5.82 Å². The zero-order valence-electron chi connectivity index (χ0n) is 13.0. The number of anilines is 1. The van der Waals surface area contributed by atoms with Crippen molar-refractivity contribution in [1.82, 2.24) is 19.9 Å². The van der Waals surface area contributed by atoms with E-state index in [1.54, 1.807) is 0 Å². The molecule has 22 heavy (non-hydrogen) atoms. The molecule has 2 aromatic heterocycles. The number of aromatic amines is 1. The summed E-state index contributed by atoms with van der Waals surface area (Å²) < 4.78 is 0. The van der Waals surface area contributed by atoms with Crippen molar-refractivity contribution in [2.24, 2.45) is 11.8 Å². The van der Waals surface area contributed by atoms with Crippen LogP contribution in [-0.2, 0) is 4.79 Å². The van der Waals surface area contributed by atoms with Crippen molar-refractivity contribution in [1.29, 1.82) is 0 Å². The summed E-state index contributed by atoms with van der Waals surface area (Å²) in [5.74, 6) is 3.10. The van der Waals surface area contributed by atoms with Crippen LogP contribution >= 0.6 is 0 Å². The van der Waals surface area contributed by atoms with E-state index in [0.717, 1.165) is 42.1 Å². The second kappa shape index (κ2) is 4.97. The minimum absolute atomic E-state index is 0.285. The number of carbonyl (C=O) groups is 1. The zero-order valence-corrected chi connectivity index (χ0v) is 13.0. The van der Waals surface area contributed by atoms with Gasteiger partial charge < -0.3 is 15.2 Å². The Balaban J connectivity index is 1.54. The summed E-state index contributed by atoms with van der Waals surface area (Å²) in [6, 6.07) is 2.40. The van der Waals surface area contributed by atoms with E-state index in [-0.39, 0.29) is 5.91 Å². The SMILES string of the molecule is Cc1nc(N[C@@H]2C[C@@H]3CC(=O)N(C)C[C@@H]3C2)c2cc[nH]c2n1. The van der Waals surface area contributed by atoms with E-state index in [2.05, 4.69) is 20.3 Å². The summed E-state index contributed by atoms with van der Waals surface area (Å²) in [5.41, 5.74) is 0.875. The van der Waals surface area contributed by atoms with Gasteiger partial charge in [0.2, 0.25) is 5.91 Å². The Labute approximate surface area is 129 Å². The first-order chi connectivity index (χ1) is 10.6. The van der Waals surface area contributed by atoms with E-state index >= 15 is 0 Å². The number of H-pyrrole nitrogens is 1. The molecule has 2 aliphatic rings. The number of hydrogen-bond donors (Lipinski definition) is 2. The number of likely N-dealkylation sites (tertiary alicyclic amines) is 1. The molecular formula is C16H21N5O. The second-order valence-corrected chi connectivity index (χ2v) is 6.67. The smallest absolute Gasteiger partial charge is 0.222 e. The minimum Gasteiger partial charge on any atom is -0.367 e. The van der Waals surface area contributed by atoms with Gasteiger partial charge in [-0.3, -0.25) is 4.79 Å². The van der Waals surface area contributed by atoms with Crippen molar-refractivity contribution in [2.75, 3.05) is 18.9 Å². The number of amides is 1. The number of aromatic nitrogens is 3. The van der Waals surface area contributed by atoms with Gasteiger partial charge >= 0.3 is 0 Å². The maximum atomic E-state index is 11.9. The van der Waals surface area contributed by atoms with Crippen LogP contribution in [0.2, 0.25) is 0 Å². The van der Waals surface area contributed by atoms with Crippen molar-refractivity contribution >= 4 is 22.8 Å². The first-order valence-corrected chi connectivity index (χ1v) is 7.92. The molecule has 3 atom stereocenters. The highest BCUT2D eigenvalue weighted by Gasteiger charge is 2.40. The summed E-state index contributed by atoms with van der Waals surface area (Å²) in [4.78, 5) is 25.9. The fraction of sp³-hybridized carbons (Fsp3) is 0.562. The van der Waals surface area contributed by atoms with Gasteiger partial charge in [0.1, 0.15) is 17.3 Å². The molecule has 1 aliphatic heterocycles. The maximum Gasteiger partial charge on any atom is 0.222 e. The summed E-state index contributed by atoms with van der Waals surface area (Å²) in [6.07, 6.45) is 4.75. The standard InChI is InChI=1S/C16H21N5O/c1-9-18-15-13(3-4-17-15)16(19-9)20-12-5-10-7-14(22)21(2)8-11(10)6-12/h3-4,10-12H,5-8H2,1-2H3,(H2,17,18,19,20)/t10-,11+,12-/m1/s1. The maximum absolute atomic E-state index is 11.9. The molecule has 0 unspecified atom stereocenters. The number of nitrogens with zero attached hydrogens (tertiary/aromatic N) is 3. The molecule has 0 aromatic carbocycles. The van der Waals surface area contributed by atoms with E-state index in [1.165, 1.54) is 0 Å². The average molecular weight is 299 g/mol. The van der Waals surface area contributed by atoms with Gasteiger partial charge in [0.25, 0.3) is 0 Å². The van der Waals surface area contributed by atoms with Crippen molar-refractivity contribution in [3.05, 3.63) is 18.1 Å². The van der Waals surface area contributed by atoms with Crippen LogP contribution in [0, 0.1) is 18.8 Å². The van der Waals surface area contributed by atoms with Gasteiger partial charge in [0.05, 0.1) is 5.39 Å². The Morgan fingerprint density at radius 1 is 1.32 bits per heavy atom. The van der Waals surface area contributed by atoms with E-state index in [4.69, 9.17) is 0 Å². The quantitative estimate of drug-likeness (QED) is 0.888. The molecule has 1 saturated heterocycles. The summed E-state index contributed by atoms with van der Waals surface area (Å²) in [6.45, 7) is 2.80. The molecule has 0 bridgehead atoms. The van der Waals surface area contributed by atoms with Gasteiger partial charge in [-0.1, -0.05) is 0 Å². The molecule has 1 aliphatic carbocycles. The van der Waals surface area contributed by atoms with Crippen LogP contribution < -0.4 is 5.32 Å². The lowest BCUT2D eigenvalue weighted by Gasteiger charge is -2.31. The minimum atomic E-state index is 0.285. The summed E-state index contributed by atoms with van der Waals surface area (Å²) in [5, 5.41) is 4.63. The number of carbonyl (C=O) groups excluding carboxylic acids is 1. The Hall–Kier alpha value is -2.11. The number of hydrogen-bond acceptors (Lipinski definition) is 4. The Morgan fingerprint density at radius 2 is 2.14 bits per heavy atom. The van der Waals surface area contributed by atoms with E-state index in [0.29, 0.717) is 24.3 Å². The van der Waals surface area contributed by atoms with Crippen LogP contribution in [0.15, 0.2) is 12.3 Å². The lowest BCUT2D eigenvalue weighted by molar-refractivity contribution is -0.134. The molecule has 1 amide bonds. The number of rotatable bonds is 2. The van der Waals surface area contributed by atoms with Crippen LogP contribution in [0.3, 0.4) is 0 Å². The first kappa shape index (κ1) is 13.5. The Bertz CT molecular complexity index is 724. The van der Waals surface area contributed by atoms with E-state index in [9.17, 15) is 4.79 Å². The number of nitrogens with one attached hydrogen (secondary N) is 2. The Kier molecular flexibility index (Phi) is 3.06. The molecule has 6 nitrogen and oxygen atoms in total. The molecule has 2 N–H and O–H groups in total. The molecule has 0 radical (unpaired) electrons. The largest absolute Gasteiger partial charge is 0.367 e. The lowest BCUT2D eigenvalue weighted by atomic mass is 9.88. The molecule has 2 fully saturated rings. The third kappa shape index (κ3) is 2.23. The monoisotopic (exact) mass is 299 g/mol. The van der Waals surface area contributed by atoms with Crippen LogP contribution in [0.1, 0.15) is 25.1 Å². The number of fused-ring (bicyclic) bond motifs is 2. The highest BCUT2D eigenvalue weighted by atomic mass is 16.2. The summed E-state index contributed by atoms with van der Waals surface area (Å²) >= 11 is 0. The van der Waals surface area contributed by atoms with E-state index < -0.39 is 0 Å². The first-order valence-electron chi connectivity index (χ1n) is 7.92. The van der Waals surface area contributed by atoms with Gasteiger partial charge in [-0.05, 0) is 37.7 Å². The van der Waals surface area contributed by atoms with Gasteiger partial charge in [0, 0.05) is 32.3 Å². The van der Waals surface area contributed by atoms with Gasteiger partial charge in [-0.15, -0.1) is 0 Å². The van der Waals surface area contributed by atoms with Gasteiger partial charge in [0.15, 0.2) is 0 Å².